The topological polar surface area (TPSA) is 56.0 Å². The van der Waals surface area contributed by atoms with Gasteiger partial charge in [-0.3, -0.25) is 14.8 Å². The van der Waals surface area contributed by atoms with Crippen LogP contribution in [0.2, 0.25) is 0 Å². The van der Waals surface area contributed by atoms with Gasteiger partial charge in [-0.2, -0.15) is 0 Å². The van der Waals surface area contributed by atoms with Gasteiger partial charge in [0.2, 0.25) is 0 Å². The van der Waals surface area contributed by atoms with Crippen LogP contribution in [-0.4, -0.2) is 68.1 Å². The second-order valence-electron chi connectivity index (χ2n) is 8.68. The minimum atomic E-state index is 0. The Morgan fingerprint density at radius 3 is 2.62 bits per heavy atom. The molecule has 1 atom stereocenters. The molecule has 1 aromatic heterocycles. The van der Waals surface area contributed by atoms with Crippen molar-refractivity contribution < 1.29 is 4.42 Å². The molecule has 0 radical (unpaired) electrons. The molecular weight excluding hydrogens is 477 g/mol. The zero-order chi connectivity index (χ0) is 19.2. The first-order valence-corrected chi connectivity index (χ1v) is 11.3. The molecule has 2 heterocycles. The van der Waals surface area contributed by atoms with Crippen LogP contribution in [0, 0.1) is 5.92 Å². The largest absolute Gasteiger partial charge is 0.468 e. The van der Waals surface area contributed by atoms with E-state index in [1.807, 2.05) is 13.1 Å². The summed E-state index contributed by atoms with van der Waals surface area (Å²) in [5.41, 5.74) is 0. The lowest BCUT2D eigenvalue weighted by molar-refractivity contribution is 0.146. The molecular formula is C22H38IN5O. The highest BCUT2D eigenvalue weighted by Gasteiger charge is 2.33. The van der Waals surface area contributed by atoms with E-state index < -0.39 is 0 Å². The Hall–Kier alpha value is -0.800. The number of piperidine rings is 1. The fraction of sp³-hybridized carbons (Fsp3) is 0.773. The predicted octanol–water partition coefficient (Wildman–Crippen LogP) is 3.46. The van der Waals surface area contributed by atoms with Gasteiger partial charge in [-0.1, -0.05) is 6.42 Å². The third kappa shape index (κ3) is 7.14. The monoisotopic (exact) mass is 515 g/mol. The Morgan fingerprint density at radius 1 is 1.21 bits per heavy atom. The molecule has 1 aromatic rings. The molecule has 164 valence electrons. The van der Waals surface area contributed by atoms with Crippen molar-refractivity contribution in [3.8, 4) is 0 Å². The molecule has 1 saturated heterocycles. The fourth-order valence-corrected chi connectivity index (χ4v) is 4.35. The van der Waals surface area contributed by atoms with E-state index in [4.69, 9.17) is 4.42 Å². The lowest BCUT2D eigenvalue weighted by Gasteiger charge is -2.33. The second-order valence-corrected chi connectivity index (χ2v) is 8.68. The third-order valence-corrected chi connectivity index (χ3v) is 6.33. The molecule has 3 aliphatic rings. The number of likely N-dealkylation sites (tertiary alicyclic amines) is 1. The van der Waals surface area contributed by atoms with E-state index >= 15 is 0 Å². The Kier molecular flexibility index (Phi) is 9.11. The van der Waals surface area contributed by atoms with Crippen LogP contribution in [0.25, 0.3) is 0 Å². The van der Waals surface area contributed by atoms with Crippen LogP contribution < -0.4 is 10.6 Å². The predicted molar refractivity (Wildman–Crippen MR) is 129 cm³/mol. The van der Waals surface area contributed by atoms with E-state index in [1.165, 1.54) is 51.5 Å². The highest BCUT2D eigenvalue weighted by molar-refractivity contribution is 14.0. The Balaban J connectivity index is 0.00000240. The average molecular weight is 515 g/mol. The molecule has 1 aliphatic heterocycles. The Labute approximate surface area is 192 Å². The van der Waals surface area contributed by atoms with Gasteiger partial charge in [0.15, 0.2) is 5.96 Å². The molecule has 2 aliphatic carbocycles. The van der Waals surface area contributed by atoms with Gasteiger partial charge in [-0.25, -0.2) is 0 Å². The van der Waals surface area contributed by atoms with Crippen molar-refractivity contribution >= 4 is 29.9 Å². The van der Waals surface area contributed by atoms with Crippen LogP contribution in [0.3, 0.4) is 0 Å². The molecule has 2 N–H and O–H groups in total. The quantitative estimate of drug-likeness (QED) is 0.284. The summed E-state index contributed by atoms with van der Waals surface area (Å²) in [4.78, 5) is 9.68. The first-order chi connectivity index (χ1) is 13.8. The molecule has 29 heavy (non-hydrogen) atoms. The van der Waals surface area contributed by atoms with E-state index in [1.54, 1.807) is 6.26 Å². The van der Waals surface area contributed by atoms with E-state index in [0.717, 1.165) is 56.4 Å². The zero-order valence-corrected chi connectivity index (χ0v) is 20.1. The van der Waals surface area contributed by atoms with E-state index in [9.17, 15) is 0 Å². The number of guanidine groups is 1. The maximum atomic E-state index is 5.75. The maximum absolute atomic E-state index is 5.75. The minimum Gasteiger partial charge on any atom is -0.468 e. The Morgan fingerprint density at radius 2 is 2.00 bits per heavy atom. The van der Waals surface area contributed by atoms with Gasteiger partial charge in [0.05, 0.1) is 12.3 Å². The number of nitrogens with zero attached hydrogens (tertiary/aromatic N) is 3. The molecule has 4 rings (SSSR count). The molecule has 0 amide bonds. The van der Waals surface area contributed by atoms with Crippen LogP contribution in [-0.2, 0) is 0 Å². The van der Waals surface area contributed by atoms with Gasteiger partial charge in [-0.15, -0.1) is 24.0 Å². The number of halogens is 1. The first kappa shape index (κ1) is 22.9. The molecule has 0 spiro atoms. The number of furan rings is 1. The third-order valence-electron chi connectivity index (χ3n) is 6.33. The van der Waals surface area contributed by atoms with Gasteiger partial charge in [0.25, 0.3) is 0 Å². The van der Waals surface area contributed by atoms with Crippen molar-refractivity contribution in [2.75, 3.05) is 46.3 Å². The van der Waals surface area contributed by atoms with Crippen molar-refractivity contribution in [1.82, 2.24) is 20.4 Å². The average Bonchev–Trinajstić information content (AvgIpc) is 3.66. The smallest absolute Gasteiger partial charge is 0.191 e. The molecule has 7 heteroatoms. The number of rotatable bonds is 10. The molecule has 3 fully saturated rings. The lowest BCUT2D eigenvalue weighted by atomic mass is 10.1. The zero-order valence-electron chi connectivity index (χ0n) is 17.8. The second kappa shape index (κ2) is 11.6. The van der Waals surface area contributed by atoms with Gasteiger partial charge in [-0.05, 0) is 69.7 Å². The summed E-state index contributed by atoms with van der Waals surface area (Å²) in [6.45, 7) is 6.50. The summed E-state index contributed by atoms with van der Waals surface area (Å²) in [6.07, 6.45) is 11.3. The van der Waals surface area contributed by atoms with Crippen molar-refractivity contribution in [3.05, 3.63) is 24.2 Å². The minimum absolute atomic E-state index is 0. The van der Waals surface area contributed by atoms with Crippen LogP contribution in [0.4, 0.5) is 0 Å². The summed E-state index contributed by atoms with van der Waals surface area (Å²) in [7, 11) is 1.86. The molecule has 1 unspecified atom stereocenters. The van der Waals surface area contributed by atoms with Gasteiger partial charge in [0, 0.05) is 39.3 Å². The van der Waals surface area contributed by atoms with Gasteiger partial charge < -0.3 is 15.1 Å². The summed E-state index contributed by atoms with van der Waals surface area (Å²) < 4.78 is 5.75. The van der Waals surface area contributed by atoms with Gasteiger partial charge in [0.1, 0.15) is 5.76 Å². The van der Waals surface area contributed by atoms with Crippen molar-refractivity contribution in [2.24, 2.45) is 10.9 Å². The highest BCUT2D eigenvalue weighted by atomic mass is 127. The van der Waals surface area contributed by atoms with E-state index in [0.29, 0.717) is 0 Å². The molecule has 2 saturated carbocycles. The lowest BCUT2D eigenvalue weighted by Crippen LogP contribution is -2.46. The fourth-order valence-electron chi connectivity index (χ4n) is 4.35. The number of hydrogen-bond acceptors (Lipinski definition) is 4. The highest BCUT2D eigenvalue weighted by Crippen LogP contribution is 2.34. The van der Waals surface area contributed by atoms with Crippen LogP contribution in [0.1, 0.15) is 56.7 Å². The van der Waals surface area contributed by atoms with Crippen molar-refractivity contribution in [3.63, 3.8) is 0 Å². The van der Waals surface area contributed by atoms with Crippen LogP contribution in [0.15, 0.2) is 27.8 Å². The summed E-state index contributed by atoms with van der Waals surface area (Å²) in [5, 5.41) is 7.07. The van der Waals surface area contributed by atoms with Crippen LogP contribution in [0.5, 0.6) is 0 Å². The SMILES string of the molecule is CN=C(NCCN(CC1CC1)C1CC1)NCC(c1ccco1)N1CCCCC1.I. The number of aliphatic imine (C=N–C) groups is 1. The first-order valence-electron chi connectivity index (χ1n) is 11.3. The summed E-state index contributed by atoms with van der Waals surface area (Å²) >= 11 is 0. The summed E-state index contributed by atoms with van der Waals surface area (Å²) in [5.74, 6) is 2.92. The van der Waals surface area contributed by atoms with Gasteiger partial charge >= 0.3 is 0 Å². The van der Waals surface area contributed by atoms with E-state index in [2.05, 4.69) is 31.5 Å². The van der Waals surface area contributed by atoms with E-state index in [-0.39, 0.29) is 30.0 Å². The van der Waals surface area contributed by atoms with Crippen molar-refractivity contribution in [2.45, 2.75) is 57.0 Å². The molecule has 6 nitrogen and oxygen atoms in total. The number of nitrogens with one attached hydrogen (secondary N) is 2. The maximum Gasteiger partial charge on any atom is 0.191 e. The van der Waals surface area contributed by atoms with Crippen molar-refractivity contribution in [1.29, 1.82) is 0 Å². The molecule has 0 bridgehead atoms. The summed E-state index contributed by atoms with van der Waals surface area (Å²) in [6, 6.07) is 5.21. The van der Waals surface area contributed by atoms with Crippen LogP contribution >= 0.6 is 24.0 Å². The molecule has 0 aromatic carbocycles. The normalized spacial score (nSPS) is 21.7. The number of hydrogen-bond donors (Lipinski definition) is 2. The standard InChI is InChI=1S/C22H37N5O.HI/c1-23-22(24-11-14-27(19-9-10-19)17-18-7-8-18)25-16-20(21-6-5-15-28-21)26-12-3-2-4-13-26;/h5-6,15,18-20H,2-4,7-14,16-17H2,1H3,(H2,23,24,25);1H. The Bertz CT molecular complexity index is 609.